The van der Waals surface area contributed by atoms with E-state index < -0.39 is 11.7 Å². The standard InChI is InChI=1S/C21H22N4O4/c1-28-20-21(23-11-10-22-20)29-14-8-6-13(7-9-14)25-19(27)18(26)16-12-24-17-5-3-2-4-15(16)17/h2-5,10-14,24H,6-9H2,1H3,(H,25,27). The topological polar surface area (TPSA) is 106 Å². The van der Waals surface area contributed by atoms with Gasteiger partial charge in [0.15, 0.2) is 0 Å². The highest BCUT2D eigenvalue weighted by Crippen LogP contribution is 2.27. The van der Waals surface area contributed by atoms with E-state index in [1.807, 2.05) is 24.3 Å². The first-order valence-corrected chi connectivity index (χ1v) is 9.58. The first-order valence-electron chi connectivity index (χ1n) is 9.58. The minimum absolute atomic E-state index is 0.0296. The van der Waals surface area contributed by atoms with Crippen molar-refractivity contribution in [2.24, 2.45) is 0 Å². The number of H-pyrrole nitrogens is 1. The van der Waals surface area contributed by atoms with Crippen molar-refractivity contribution in [1.29, 1.82) is 0 Å². The van der Waals surface area contributed by atoms with Crippen LogP contribution in [0.3, 0.4) is 0 Å². The van der Waals surface area contributed by atoms with Gasteiger partial charge in [-0.1, -0.05) is 18.2 Å². The second-order valence-corrected chi connectivity index (χ2v) is 7.01. The normalized spacial score (nSPS) is 18.9. The molecule has 150 valence electrons. The van der Waals surface area contributed by atoms with Gasteiger partial charge in [0.25, 0.3) is 23.5 Å². The fourth-order valence-electron chi connectivity index (χ4n) is 3.65. The van der Waals surface area contributed by atoms with Crippen LogP contribution < -0.4 is 14.8 Å². The van der Waals surface area contributed by atoms with Crippen molar-refractivity contribution in [2.75, 3.05) is 7.11 Å². The van der Waals surface area contributed by atoms with Gasteiger partial charge in [-0.3, -0.25) is 9.59 Å². The van der Waals surface area contributed by atoms with Crippen molar-refractivity contribution in [2.45, 2.75) is 37.8 Å². The SMILES string of the molecule is COc1nccnc1OC1CCC(NC(=O)C(=O)c2c[nH]c3ccccc23)CC1. The molecular formula is C21H22N4O4. The Hall–Kier alpha value is -3.42. The summed E-state index contributed by atoms with van der Waals surface area (Å²) in [6, 6.07) is 7.37. The molecule has 0 radical (unpaired) electrons. The van der Waals surface area contributed by atoms with Crippen LogP contribution in [0.25, 0.3) is 10.9 Å². The lowest BCUT2D eigenvalue weighted by molar-refractivity contribution is -0.118. The van der Waals surface area contributed by atoms with Crippen LogP contribution in [0.1, 0.15) is 36.0 Å². The fraction of sp³-hybridized carbons (Fsp3) is 0.333. The highest BCUT2D eigenvalue weighted by atomic mass is 16.5. The van der Waals surface area contributed by atoms with Gasteiger partial charge in [0.1, 0.15) is 6.10 Å². The van der Waals surface area contributed by atoms with E-state index in [1.165, 1.54) is 7.11 Å². The third kappa shape index (κ3) is 4.06. The number of para-hydroxylation sites is 1. The van der Waals surface area contributed by atoms with E-state index in [4.69, 9.17) is 9.47 Å². The smallest absolute Gasteiger partial charge is 0.292 e. The van der Waals surface area contributed by atoms with Gasteiger partial charge in [-0.15, -0.1) is 0 Å². The number of amides is 1. The summed E-state index contributed by atoms with van der Waals surface area (Å²) in [5.41, 5.74) is 1.23. The molecule has 0 saturated heterocycles. The molecule has 0 atom stereocenters. The van der Waals surface area contributed by atoms with Crippen LogP contribution in [0, 0.1) is 0 Å². The number of hydrogen-bond acceptors (Lipinski definition) is 6. The van der Waals surface area contributed by atoms with E-state index in [1.54, 1.807) is 18.6 Å². The maximum absolute atomic E-state index is 12.6. The highest BCUT2D eigenvalue weighted by Gasteiger charge is 2.27. The number of benzene rings is 1. The van der Waals surface area contributed by atoms with Gasteiger partial charge < -0.3 is 19.8 Å². The number of methoxy groups -OCH3 is 1. The molecule has 4 rings (SSSR count). The number of aromatic amines is 1. The first-order chi connectivity index (χ1) is 14.2. The van der Waals surface area contributed by atoms with Gasteiger partial charge in [0.05, 0.1) is 12.7 Å². The summed E-state index contributed by atoms with van der Waals surface area (Å²) >= 11 is 0. The number of fused-ring (bicyclic) bond motifs is 1. The van der Waals surface area contributed by atoms with Gasteiger partial charge in [0, 0.05) is 35.5 Å². The monoisotopic (exact) mass is 394 g/mol. The Morgan fingerprint density at radius 3 is 2.55 bits per heavy atom. The molecule has 29 heavy (non-hydrogen) atoms. The zero-order valence-corrected chi connectivity index (χ0v) is 16.1. The number of carbonyl (C=O) groups is 2. The number of carbonyl (C=O) groups excluding carboxylic acids is 2. The summed E-state index contributed by atoms with van der Waals surface area (Å²) in [6.45, 7) is 0. The number of rotatable bonds is 6. The molecule has 1 aliphatic rings. The van der Waals surface area contributed by atoms with E-state index in [9.17, 15) is 9.59 Å². The number of aromatic nitrogens is 3. The van der Waals surface area contributed by atoms with Gasteiger partial charge in [-0.05, 0) is 31.7 Å². The van der Waals surface area contributed by atoms with E-state index in [2.05, 4.69) is 20.3 Å². The molecule has 0 spiro atoms. The number of nitrogens with one attached hydrogen (secondary N) is 2. The molecular weight excluding hydrogens is 372 g/mol. The van der Waals surface area contributed by atoms with E-state index in [0.29, 0.717) is 17.3 Å². The average Bonchev–Trinajstić information content (AvgIpc) is 3.19. The minimum atomic E-state index is -0.574. The second-order valence-electron chi connectivity index (χ2n) is 7.01. The molecule has 8 nitrogen and oxygen atoms in total. The zero-order chi connectivity index (χ0) is 20.2. The molecule has 8 heteroatoms. The van der Waals surface area contributed by atoms with Crippen LogP contribution in [-0.2, 0) is 4.79 Å². The molecule has 0 aliphatic heterocycles. The quantitative estimate of drug-likeness (QED) is 0.492. The van der Waals surface area contributed by atoms with Crippen LogP contribution in [0.2, 0.25) is 0 Å². The van der Waals surface area contributed by atoms with Gasteiger partial charge in [0.2, 0.25) is 0 Å². The van der Waals surface area contributed by atoms with Crippen molar-refractivity contribution < 1.29 is 19.1 Å². The molecule has 2 heterocycles. The largest absolute Gasteiger partial charge is 0.477 e. The third-order valence-electron chi connectivity index (χ3n) is 5.15. The molecule has 2 aromatic heterocycles. The Morgan fingerprint density at radius 1 is 1.07 bits per heavy atom. The Kier molecular flexibility index (Phi) is 5.41. The summed E-state index contributed by atoms with van der Waals surface area (Å²) in [7, 11) is 1.52. The van der Waals surface area contributed by atoms with Gasteiger partial charge in [-0.2, -0.15) is 0 Å². The summed E-state index contributed by atoms with van der Waals surface area (Å²) in [4.78, 5) is 36.3. The van der Waals surface area contributed by atoms with Crippen LogP contribution in [-0.4, -0.2) is 45.9 Å². The molecule has 0 unspecified atom stereocenters. The Morgan fingerprint density at radius 2 is 1.79 bits per heavy atom. The molecule has 0 bridgehead atoms. The van der Waals surface area contributed by atoms with Crippen LogP contribution in [0.4, 0.5) is 0 Å². The first kappa shape index (κ1) is 18.9. The number of nitrogens with zero attached hydrogens (tertiary/aromatic N) is 2. The summed E-state index contributed by atoms with van der Waals surface area (Å²) in [6.07, 6.45) is 7.59. The van der Waals surface area contributed by atoms with Gasteiger partial charge in [-0.25, -0.2) is 9.97 Å². The molecule has 1 amide bonds. The predicted octanol–water partition coefficient (Wildman–Crippen LogP) is 2.66. The van der Waals surface area contributed by atoms with Crippen molar-refractivity contribution >= 4 is 22.6 Å². The third-order valence-corrected chi connectivity index (χ3v) is 5.15. The minimum Gasteiger partial charge on any atom is -0.477 e. The molecule has 1 saturated carbocycles. The number of ether oxygens (including phenoxy) is 2. The van der Waals surface area contributed by atoms with E-state index in [0.717, 1.165) is 36.6 Å². The van der Waals surface area contributed by atoms with Crippen molar-refractivity contribution in [3.63, 3.8) is 0 Å². The van der Waals surface area contributed by atoms with Crippen molar-refractivity contribution in [3.05, 3.63) is 48.4 Å². The zero-order valence-electron chi connectivity index (χ0n) is 16.1. The molecule has 3 aromatic rings. The average molecular weight is 394 g/mol. The van der Waals surface area contributed by atoms with Crippen molar-refractivity contribution in [1.82, 2.24) is 20.3 Å². The molecule has 1 aromatic carbocycles. The molecule has 2 N–H and O–H groups in total. The predicted molar refractivity (Wildman–Crippen MR) is 106 cm³/mol. The summed E-state index contributed by atoms with van der Waals surface area (Å²) in [5.74, 6) is -0.371. The lowest BCUT2D eigenvalue weighted by Crippen LogP contribution is -2.42. The molecule has 1 aliphatic carbocycles. The summed E-state index contributed by atoms with van der Waals surface area (Å²) in [5, 5.41) is 3.62. The van der Waals surface area contributed by atoms with Crippen LogP contribution >= 0.6 is 0 Å². The molecule has 1 fully saturated rings. The van der Waals surface area contributed by atoms with Crippen LogP contribution in [0.5, 0.6) is 11.8 Å². The maximum atomic E-state index is 12.6. The highest BCUT2D eigenvalue weighted by molar-refractivity contribution is 6.45. The van der Waals surface area contributed by atoms with E-state index in [-0.39, 0.29) is 12.1 Å². The van der Waals surface area contributed by atoms with Crippen molar-refractivity contribution in [3.8, 4) is 11.8 Å². The lowest BCUT2D eigenvalue weighted by atomic mass is 9.92. The maximum Gasteiger partial charge on any atom is 0.292 e. The summed E-state index contributed by atoms with van der Waals surface area (Å²) < 4.78 is 11.1. The number of hydrogen-bond donors (Lipinski definition) is 2. The Bertz CT molecular complexity index is 1020. The lowest BCUT2D eigenvalue weighted by Gasteiger charge is -2.29. The second kappa shape index (κ2) is 8.30. The fourth-order valence-corrected chi connectivity index (χ4v) is 3.65. The number of Topliss-reactive ketones (excluding diaryl/α,β-unsaturated/α-hetero) is 1. The number of ketones is 1. The Labute approximate surface area is 167 Å². The van der Waals surface area contributed by atoms with E-state index >= 15 is 0 Å². The Balaban J connectivity index is 1.32. The van der Waals surface area contributed by atoms with Crippen LogP contribution in [0.15, 0.2) is 42.9 Å². The van der Waals surface area contributed by atoms with Gasteiger partial charge >= 0.3 is 0 Å².